The zero-order valence-corrected chi connectivity index (χ0v) is 18.0. The third-order valence-corrected chi connectivity index (χ3v) is 6.28. The summed E-state index contributed by atoms with van der Waals surface area (Å²) in [6, 6.07) is 8.52. The number of anilines is 2. The van der Waals surface area contributed by atoms with E-state index < -0.39 is 17.6 Å². The van der Waals surface area contributed by atoms with Crippen molar-refractivity contribution in [3.8, 4) is 0 Å². The molecule has 5 nitrogen and oxygen atoms in total. The Morgan fingerprint density at radius 2 is 2.06 bits per heavy atom. The first-order valence-electron chi connectivity index (χ1n) is 10.9. The molecule has 4 rings (SSSR count). The standard InChI is InChI=1S/C24H27F3N4O/c1-17-4-3-12-31(17)20-10-13-30(16-20)19-7-8-22(21(14-19)24(25,26)27)29-23(32)9-6-18-5-2-11-28-15-18/h2,5-9,11,14-15,17,20H,3-4,10,12-13,16H2,1H3,(H,29,32). The minimum atomic E-state index is -4.58. The molecule has 2 aliphatic heterocycles. The third kappa shape index (κ3) is 5.12. The van der Waals surface area contributed by atoms with Crippen molar-refractivity contribution < 1.29 is 18.0 Å². The van der Waals surface area contributed by atoms with E-state index in [2.05, 4.69) is 22.1 Å². The summed E-state index contributed by atoms with van der Waals surface area (Å²) in [6.07, 6.45) is 4.60. The maximum absolute atomic E-state index is 13.8. The van der Waals surface area contributed by atoms with Crippen molar-refractivity contribution in [1.29, 1.82) is 0 Å². The van der Waals surface area contributed by atoms with Crippen molar-refractivity contribution in [2.45, 2.75) is 44.4 Å². The van der Waals surface area contributed by atoms with E-state index in [4.69, 9.17) is 0 Å². The smallest absolute Gasteiger partial charge is 0.370 e. The predicted octanol–water partition coefficient (Wildman–Crippen LogP) is 4.82. The number of amides is 1. The molecule has 0 spiro atoms. The first kappa shape index (κ1) is 22.3. The van der Waals surface area contributed by atoms with Crippen LogP contribution in [-0.4, -0.2) is 47.5 Å². The lowest BCUT2D eigenvalue weighted by atomic mass is 10.1. The van der Waals surface area contributed by atoms with Crippen molar-refractivity contribution in [1.82, 2.24) is 9.88 Å². The maximum Gasteiger partial charge on any atom is 0.418 e. The second kappa shape index (κ2) is 9.32. The molecule has 2 atom stereocenters. The highest BCUT2D eigenvalue weighted by molar-refractivity contribution is 6.02. The van der Waals surface area contributed by atoms with Crippen LogP contribution >= 0.6 is 0 Å². The molecule has 0 aliphatic carbocycles. The van der Waals surface area contributed by atoms with E-state index in [1.165, 1.54) is 31.1 Å². The zero-order valence-electron chi connectivity index (χ0n) is 18.0. The Morgan fingerprint density at radius 1 is 1.22 bits per heavy atom. The van der Waals surface area contributed by atoms with Gasteiger partial charge in [0.25, 0.3) is 0 Å². The van der Waals surface area contributed by atoms with Gasteiger partial charge in [-0.25, -0.2) is 0 Å². The summed E-state index contributed by atoms with van der Waals surface area (Å²) in [4.78, 5) is 20.7. The molecule has 2 aromatic rings. The second-order valence-electron chi connectivity index (χ2n) is 8.45. The predicted molar refractivity (Wildman–Crippen MR) is 119 cm³/mol. The zero-order chi connectivity index (χ0) is 22.7. The van der Waals surface area contributed by atoms with Crippen LogP contribution in [0.4, 0.5) is 24.5 Å². The number of nitrogens with one attached hydrogen (secondary N) is 1. The van der Waals surface area contributed by atoms with Crippen LogP contribution in [0, 0.1) is 0 Å². The van der Waals surface area contributed by atoms with Gasteiger partial charge < -0.3 is 10.2 Å². The highest BCUT2D eigenvalue weighted by Gasteiger charge is 2.36. The molecule has 170 valence electrons. The molecule has 0 bridgehead atoms. The topological polar surface area (TPSA) is 48.5 Å². The largest absolute Gasteiger partial charge is 0.418 e. The Kier molecular flexibility index (Phi) is 6.50. The molecule has 0 radical (unpaired) electrons. The second-order valence-corrected chi connectivity index (χ2v) is 8.45. The highest BCUT2D eigenvalue weighted by atomic mass is 19.4. The van der Waals surface area contributed by atoms with E-state index in [1.54, 1.807) is 30.6 Å². The van der Waals surface area contributed by atoms with Gasteiger partial charge in [-0.2, -0.15) is 13.2 Å². The van der Waals surface area contributed by atoms with Gasteiger partial charge in [-0.05, 0) is 68.6 Å². The van der Waals surface area contributed by atoms with Gasteiger partial charge in [-0.3, -0.25) is 14.7 Å². The van der Waals surface area contributed by atoms with Crippen molar-refractivity contribution in [2.24, 2.45) is 0 Å². The number of likely N-dealkylation sites (tertiary alicyclic amines) is 1. The van der Waals surface area contributed by atoms with Crippen LogP contribution in [0.5, 0.6) is 0 Å². The molecular formula is C24H27F3N4O. The van der Waals surface area contributed by atoms with Crippen molar-refractivity contribution in [3.63, 3.8) is 0 Å². The number of carbonyl (C=O) groups excluding carboxylic acids is 1. The van der Waals surface area contributed by atoms with Gasteiger partial charge in [-0.15, -0.1) is 0 Å². The SMILES string of the molecule is CC1CCCN1C1CCN(c2ccc(NC(=O)C=Cc3cccnc3)c(C(F)(F)F)c2)C1. The van der Waals surface area contributed by atoms with Crippen LogP contribution in [-0.2, 0) is 11.0 Å². The Balaban J connectivity index is 1.48. The summed E-state index contributed by atoms with van der Waals surface area (Å²) in [6.45, 7) is 4.73. The average molecular weight is 445 g/mol. The van der Waals surface area contributed by atoms with Crippen LogP contribution in [0.25, 0.3) is 6.08 Å². The Morgan fingerprint density at radius 3 is 2.75 bits per heavy atom. The fourth-order valence-corrected chi connectivity index (χ4v) is 4.64. The van der Waals surface area contributed by atoms with E-state index in [0.717, 1.165) is 32.1 Å². The average Bonchev–Trinajstić information content (AvgIpc) is 3.41. The summed E-state index contributed by atoms with van der Waals surface area (Å²) in [7, 11) is 0. The molecule has 1 aromatic carbocycles. The summed E-state index contributed by atoms with van der Waals surface area (Å²) < 4.78 is 41.4. The van der Waals surface area contributed by atoms with E-state index in [-0.39, 0.29) is 5.69 Å². The molecule has 32 heavy (non-hydrogen) atoms. The van der Waals surface area contributed by atoms with Crippen LogP contribution in [0.3, 0.4) is 0 Å². The van der Waals surface area contributed by atoms with Crippen LogP contribution < -0.4 is 10.2 Å². The first-order valence-corrected chi connectivity index (χ1v) is 10.9. The van der Waals surface area contributed by atoms with Crippen LogP contribution in [0.2, 0.25) is 0 Å². The fourth-order valence-electron chi connectivity index (χ4n) is 4.64. The van der Waals surface area contributed by atoms with Gasteiger partial charge in [0, 0.05) is 49.3 Å². The van der Waals surface area contributed by atoms with Crippen molar-refractivity contribution in [2.75, 3.05) is 29.9 Å². The maximum atomic E-state index is 13.8. The van der Waals surface area contributed by atoms with Crippen molar-refractivity contribution in [3.05, 3.63) is 59.9 Å². The minimum Gasteiger partial charge on any atom is -0.370 e. The molecule has 2 unspecified atom stereocenters. The Bertz CT molecular complexity index is 977. The van der Waals surface area contributed by atoms with Gasteiger partial charge in [0.15, 0.2) is 0 Å². The molecule has 2 fully saturated rings. The molecule has 0 saturated carbocycles. The monoisotopic (exact) mass is 444 g/mol. The first-order chi connectivity index (χ1) is 15.3. The summed E-state index contributed by atoms with van der Waals surface area (Å²) in [5.41, 5.74) is 0.141. The normalized spacial score (nSPS) is 22.1. The van der Waals surface area contributed by atoms with Gasteiger partial charge in [-0.1, -0.05) is 6.07 Å². The minimum absolute atomic E-state index is 0.244. The summed E-state index contributed by atoms with van der Waals surface area (Å²) in [5, 5.41) is 2.37. The number of halogens is 3. The van der Waals surface area contributed by atoms with E-state index in [0.29, 0.717) is 23.3 Å². The molecule has 2 aliphatic rings. The molecule has 1 amide bonds. The molecular weight excluding hydrogens is 417 g/mol. The lowest BCUT2D eigenvalue weighted by Gasteiger charge is -2.29. The third-order valence-electron chi connectivity index (χ3n) is 6.28. The number of hydrogen-bond acceptors (Lipinski definition) is 4. The van der Waals surface area contributed by atoms with Gasteiger partial charge in [0.2, 0.25) is 5.91 Å². The number of pyridine rings is 1. The molecule has 2 saturated heterocycles. The van der Waals surface area contributed by atoms with Crippen LogP contribution in [0.15, 0.2) is 48.8 Å². The number of carbonyl (C=O) groups is 1. The molecule has 8 heteroatoms. The van der Waals surface area contributed by atoms with E-state index in [9.17, 15) is 18.0 Å². The Labute approximate surface area is 185 Å². The van der Waals surface area contributed by atoms with Gasteiger partial charge in [0.05, 0.1) is 11.3 Å². The van der Waals surface area contributed by atoms with Crippen molar-refractivity contribution >= 4 is 23.4 Å². The van der Waals surface area contributed by atoms with E-state index >= 15 is 0 Å². The quantitative estimate of drug-likeness (QED) is 0.672. The molecule has 1 N–H and O–H groups in total. The Hall–Kier alpha value is -2.87. The lowest BCUT2D eigenvalue weighted by molar-refractivity contribution is -0.136. The molecule has 3 heterocycles. The summed E-state index contributed by atoms with van der Waals surface area (Å²) >= 11 is 0. The van der Waals surface area contributed by atoms with E-state index in [1.807, 2.05) is 4.90 Å². The fraction of sp³-hybridized carbons (Fsp3) is 0.417. The number of hydrogen-bond donors (Lipinski definition) is 1. The lowest BCUT2D eigenvalue weighted by Crippen LogP contribution is -2.39. The number of nitrogens with zero attached hydrogens (tertiary/aromatic N) is 3. The number of alkyl halides is 3. The highest BCUT2D eigenvalue weighted by Crippen LogP contribution is 2.38. The number of aromatic nitrogens is 1. The van der Waals surface area contributed by atoms with Gasteiger partial charge >= 0.3 is 6.18 Å². The molecule has 1 aromatic heterocycles. The van der Waals surface area contributed by atoms with Crippen LogP contribution in [0.1, 0.15) is 37.3 Å². The summed E-state index contributed by atoms with van der Waals surface area (Å²) in [5.74, 6) is -0.628. The van der Waals surface area contributed by atoms with Gasteiger partial charge in [0.1, 0.15) is 0 Å². The number of rotatable bonds is 5. The number of benzene rings is 1.